The lowest BCUT2D eigenvalue weighted by molar-refractivity contribution is -0.0500. The molecule has 1 heterocycles. The Morgan fingerprint density at radius 2 is 0.405 bits per heavy atom. The third-order valence-electron chi connectivity index (χ3n) is 13.7. The minimum absolute atomic E-state index is 0.0427. The molecular weight excluding hydrogens is 1230 g/mol. The second kappa shape index (κ2) is 22.4. The third kappa shape index (κ3) is 15.5. The smallest absolute Gasteiger partial charge is 0.246 e. The van der Waals surface area contributed by atoms with Crippen molar-refractivity contribution in [1.82, 2.24) is 0 Å². The molecule has 480 valence electrons. The van der Waals surface area contributed by atoms with Gasteiger partial charge in [-0.15, -0.1) is 0 Å². The van der Waals surface area contributed by atoms with Crippen LogP contribution in [0.15, 0.2) is 36.4 Å². The molecule has 1 fully saturated rings. The predicted octanol–water partition coefficient (Wildman–Crippen LogP) is 19.5. The molecule has 4 rings (SSSR count). The van der Waals surface area contributed by atoms with Gasteiger partial charge < -0.3 is 0 Å². The van der Waals surface area contributed by atoms with E-state index < -0.39 is 138 Å². The summed E-state index contributed by atoms with van der Waals surface area (Å²) in [5.74, 6) is 0. The fourth-order valence-electron chi connectivity index (χ4n) is 8.81. The Bertz CT molecular complexity index is 2860. The maximum atomic E-state index is 15.7. The van der Waals surface area contributed by atoms with Crippen molar-refractivity contribution in [3.8, 4) is 0 Å². The first kappa shape index (κ1) is 73.9. The van der Waals surface area contributed by atoms with Crippen LogP contribution in [-0.2, 0) is 91.0 Å². The normalized spacial score (nSPS) is 18.7. The summed E-state index contributed by atoms with van der Waals surface area (Å²) in [6.45, 7) is 45.7. The highest BCUT2D eigenvalue weighted by Gasteiger charge is 2.65. The van der Waals surface area contributed by atoms with E-state index in [1.54, 1.807) is 161 Å². The first-order chi connectivity index (χ1) is 36.5. The summed E-state index contributed by atoms with van der Waals surface area (Å²) < 4.78 is 247. The highest BCUT2D eigenvalue weighted by molar-refractivity contribution is 8.02. The zero-order valence-corrected chi connectivity index (χ0v) is 58.6. The molecule has 3 aromatic rings. The van der Waals surface area contributed by atoms with Gasteiger partial charge in [0.05, 0.1) is 17.1 Å². The van der Waals surface area contributed by atoms with Crippen LogP contribution in [0.2, 0.25) is 0 Å². The van der Waals surface area contributed by atoms with Gasteiger partial charge in [0.15, 0.2) is 0 Å². The zero-order valence-electron chi connectivity index (χ0n) is 53.4. The maximum Gasteiger partial charge on any atom is 0.523 e. The van der Waals surface area contributed by atoms with Gasteiger partial charge in [0.25, 0.3) is 25.3 Å². The van der Waals surface area contributed by atoms with Crippen molar-refractivity contribution < 1.29 is 76.7 Å². The van der Waals surface area contributed by atoms with E-state index in [1.807, 2.05) is 62.3 Å². The van der Waals surface area contributed by atoms with Gasteiger partial charge in [0.2, 0.25) is 0 Å². The Hall–Kier alpha value is -2.55. The molecule has 27 heteroatoms. The van der Waals surface area contributed by atoms with Crippen LogP contribution in [-0.4, -0.2) is 41.8 Å². The quantitative estimate of drug-likeness (QED) is 0.114. The maximum absolute atomic E-state index is 15.7. The fourth-order valence-corrected chi connectivity index (χ4v) is 21.4. The zero-order chi connectivity index (χ0) is 66.3. The Labute approximate surface area is 498 Å². The van der Waals surface area contributed by atoms with Crippen LogP contribution in [0.25, 0.3) is 0 Å². The topological polar surface area (TPSA) is 140 Å². The van der Waals surface area contributed by atoms with Crippen molar-refractivity contribution in [3.63, 3.8) is 0 Å². The van der Waals surface area contributed by atoms with Gasteiger partial charge in [-0.2, -0.15) is 76.7 Å². The Morgan fingerprint density at radius 3 is 0.500 bits per heavy atom. The minimum atomic E-state index is -7.20. The number of alkyl halides is 9. The van der Waals surface area contributed by atoms with E-state index in [0.29, 0.717) is 30.0 Å². The first-order valence-electron chi connectivity index (χ1n) is 26.9. The van der Waals surface area contributed by atoms with Crippen molar-refractivity contribution in [2.45, 2.75) is 252 Å². The van der Waals surface area contributed by atoms with Crippen LogP contribution in [0.5, 0.6) is 0 Å². The second-order valence-electron chi connectivity index (χ2n) is 30.6. The van der Waals surface area contributed by atoms with E-state index in [9.17, 15) is 25.3 Å². The molecule has 1 saturated heterocycles. The summed E-state index contributed by atoms with van der Waals surface area (Å²) in [5, 5.41) is 0. The number of hydrogen-bond acceptors (Lipinski definition) is 12. The Balaban J connectivity index is 2.94. The predicted molar refractivity (Wildman–Crippen MR) is 324 cm³/mol. The fraction of sp³-hybridized carbons (Fsp3) is 0.684. The molecule has 0 unspecified atom stereocenters. The van der Waals surface area contributed by atoms with Gasteiger partial charge in [-0.05, 0) is 98.8 Å². The van der Waals surface area contributed by atoms with Crippen LogP contribution in [0.3, 0.4) is 0 Å². The molecular formula is C57H87F9N3O9P3S3. The molecule has 0 amide bonds. The van der Waals surface area contributed by atoms with E-state index in [1.165, 1.54) is 0 Å². The first-order valence-corrected chi connectivity index (χ1v) is 34.7. The number of hydrogen-bond donors (Lipinski definition) is 0. The molecule has 0 aromatic heterocycles. The summed E-state index contributed by atoms with van der Waals surface area (Å²) in [7, 11) is -35.2. The Morgan fingerprint density at radius 1 is 0.274 bits per heavy atom. The molecule has 0 saturated carbocycles. The average Bonchev–Trinajstić information content (AvgIpc) is 3.21. The van der Waals surface area contributed by atoms with Crippen molar-refractivity contribution >= 4 is 72.8 Å². The molecule has 0 radical (unpaired) electrons. The molecule has 1 aliphatic rings. The van der Waals surface area contributed by atoms with Crippen LogP contribution in [0.4, 0.5) is 56.6 Å². The standard InChI is InChI=1S/C57H87F9N3O9P3S3/c1-46(2,3)34-28-37(49(10,11)12)43(38(29-34)50(13,14)15)67-79(76-82(70,71)55(58,59)60)68(44-39(51(16,17)18)30-35(47(4,5)6)31-40(44)52(19,20)21)81(78-84(74,75)57(64,65)66)69(80(67)77-83(72,73)56(61,62)63)45-41(53(22,23)24)32-36(48(7,8)9)33-42(45)54(25,26)27/h28-33H,1-27H3. The number of benzene rings is 3. The van der Waals surface area contributed by atoms with Crippen LogP contribution >= 0.6 is 25.3 Å². The molecule has 0 aliphatic carbocycles. The third-order valence-corrected chi connectivity index (χ3v) is 25.2. The highest BCUT2D eigenvalue weighted by atomic mass is 32.2. The van der Waals surface area contributed by atoms with E-state index in [-0.39, 0.29) is 33.4 Å². The molecule has 0 bridgehead atoms. The van der Waals surface area contributed by atoms with Gasteiger partial charge in [-0.1, -0.05) is 223 Å². The number of halogens is 9. The van der Waals surface area contributed by atoms with Crippen molar-refractivity contribution in [3.05, 3.63) is 86.5 Å². The SMILES string of the molecule is CC(C)(C)c1cc(C(C)(C)C)c(N2P(OS(=O)(=O)C(F)(F)F)N(c3c(C(C)(C)C)cc(C(C)(C)C)cc3C(C)(C)C)P(OS(=O)(=O)C(F)(F)F)N(c3c(C(C)(C)C)cc(C(C)(C)C)cc3C(C)(C)C)P2OS(=O)(=O)C(F)(F)F)c(C(C)(C)C)c1. The van der Waals surface area contributed by atoms with Crippen molar-refractivity contribution in [2.24, 2.45) is 0 Å². The largest absolute Gasteiger partial charge is 0.523 e. The lowest BCUT2D eigenvalue weighted by Gasteiger charge is -2.57. The Kier molecular flexibility index (Phi) is 19.7. The van der Waals surface area contributed by atoms with Crippen LogP contribution < -0.4 is 13.3 Å². The molecule has 1 aliphatic heterocycles. The van der Waals surface area contributed by atoms with Crippen LogP contribution in [0.1, 0.15) is 237 Å². The van der Waals surface area contributed by atoms with Crippen LogP contribution in [0, 0.1) is 0 Å². The molecule has 3 aromatic carbocycles. The van der Waals surface area contributed by atoms with Gasteiger partial charge in [-0.25, -0.2) is 13.3 Å². The lowest BCUT2D eigenvalue weighted by Crippen LogP contribution is -2.45. The number of anilines is 3. The molecule has 0 spiro atoms. The lowest BCUT2D eigenvalue weighted by atomic mass is 9.74. The van der Waals surface area contributed by atoms with Crippen molar-refractivity contribution in [2.75, 3.05) is 13.3 Å². The van der Waals surface area contributed by atoms with E-state index in [0.717, 1.165) is 0 Å². The summed E-state index contributed by atoms with van der Waals surface area (Å²) in [6.07, 6.45) is 0. The van der Waals surface area contributed by atoms with Gasteiger partial charge in [-0.3, -0.25) is 0 Å². The summed E-state index contributed by atoms with van der Waals surface area (Å²) >= 11 is 0. The van der Waals surface area contributed by atoms with E-state index in [4.69, 9.17) is 11.9 Å². The van der Waals surface area contributed by atoms with Crippen molar-refractivity contribution in [1.29, 1.82) is 0 Å². The van der Waals surface area contributed by atoms with E-state index in [2.05, 4.69) is 0 Å². The van der Waals surface area contributed by atoms with Gasteiger partial charge in [0, 0.05) is 0 Å². The molecule has 84 heavy (non-hydrogen) atoms. The number of rotatable bonds is 9. The highest BCUT2D eigenvalue weighted by Crippen LogP contribution is 2.83. The van der Waals surface area contributed by atoms with Gasteiger partial charge in [0.1, 0.15) is 0 Å². The van der Waals surface area contributed by atoms with E-state index >= 15 is 39.5 Å². The summed E-state index contributed by atoms with van der Waals surface area (Å²) in [5.41, 5.74) is -29.1. The second-order valence-corrected chi connectivity index (χ2v) is 41.3. The monoisotopic (exact) mass is 1320 g/mol. The molecule has 0 N–H and O–H groups in total. The molecule has 12 nitrogen and oxygen atoms in total. The average molecular weight is 1320 g/mol. The summed E-state index contributed by atoms with van der Waals surface area (Å²) in [4.78, 5) is 0. The minimum Gasteiger partial charge on any atom is -0.246 e. The number of nitrogens with zero attached hydrogens (tertiary/aromatic N) is 3. The van der Waals surface area contributed by atoms with Gasteiger partial charge >= 0.3 is 46.9 Å². The molecule has 0 atom stereocenters. The summed E-state index contributed by atoms with van der Waals surface area (Å²) in [6, 6.07) is 9.48.